The first kappa shape index (κ1) is 15.3. The van der Waals surface area contributed by atoms with Crippen molar-refractivity contribution in [3.05, 3.63) is 29.8 Å². The van der Waals surface area contributed by atoms with Crippen LogP contribution in [0.15, 0.2) is 24.3 Å². The van der Waals surface area contributed by atoms with Crippen molar-refractivity contribution in [3.8, 4) is 0 Å². The second-order valence-electron chi connectivity index (χ2n) is 5.74. The van der Waals surface area contributed by atoms with Crippen molar-refractivity contribution in [2.24, 2.45) is 0 Å². The number of likely N-dealkylation sites (N-methyl/N-ethyl adjacent to an activating group) is 1. The Morgan fingerprint density at radius 3 is 2.65 bits per heavy atom. The average molecular weight is 276 g/mol. The molecule has 0 amide bonds. The van der Waals surface area contributed by atoms with Crippen molar-refractivity contribution in [1.82, 2.24) is 5.32 Å². The number of nitrogens with one attached hydrogen (secondary N) is 1. The van der Waals surface area contributed by atoms with Gasteiger partial charge in [-0.3, -0.25) is 0 Å². The number of hydrogen-bond donors (Lipinski definition) is 1. The van der Waals surface area contributed by atoms with E-state index >= 15 is 0 Å². The Kier molecular flexibility index (Phi) is 5.86. The molecule has 3 nitrogen and oxygen atoms in total. The molecule has 1 N–H and O–H groups in total. The zero-order chi connectivity index (χ0) is 14.4. The Morgan fingerprint density at radius 1 is 1.30 bits per heavy atom. The molecule has 0 radical (unpaired) electrons. The molecule has 1 aliphatic heterocycles. The van der Waals surface area contributed by atoms with E-state index in [1.165, 1.54) is 30.5 Å². The molecule has 2 unspecified atom stereocenters. The van der Waals surface area contributed by atoms with Crippen LogP contribution >= 0.6 is 0 Å². The minimum absolute atomic E-state index is 0.397. The van der Waals surface area contributed by atoms with Crippen LogP contribution in [-0.2, 0) is 4.74 Å². The molecule has 20 heavy (non-hydrogen) atoms. The maximum Gasteiger partial charge on any atom is 0.0749 e. The molecule has 0 saturated carbocycles. The predicted octanol–water partition coefficient (Wildman–Crippen LogP) is 3.36. The molecule has 1 heterocycles. The Morgan fingerprint density at radius 2 is 2.05 bits per heavy atom. The fourth-order valence-corrected chi connectivity index (χ4v) is 2.80. The fraction of sp³-hybridized carbons (Fsp3) is 0.647. The van der Waals surface area contributed by atoms with E-state index in [4.69, 9.17) is 4.74 Å². The number of hydrogen-bond acceptors (Lipinski definition) is 3. The van der Waals surface area contributed by atoms with E-state index in [2.05, 4.69) is 55.4 Å². The zero-order valence-corrected chi connectivity index (χ0v) is 13.1. The highest BCUT2D eigenvalue weighted by Gasteiger charge is 2.16. The standard InChI is InChI=1S/C17H28N2O/c1-4-18-14(2)15-8-10-16(11-9-15)19(3)13-17-7-5-6-12-20-17/h8-11,14,17-18H,4-7,12-13H2,1-3H3. The Balaban J connectivity index is 1.91. The van der Waals surface area contributed by atoms with Gasteiger partial charge in [0, 0.05) is 31.9 Å². The van der Waals surface area contributed by atoms with Gasteiger partial charge in [0.15, 0.2) is 0 Å². The van der Waals surface area contributed by atoms with Crippen LogP contribution in [0.25, 0.3) is 0 Å². The summed E-state index contributed by atoms with van der Waals surface area (Å²) < 4.78 is 5.81. The van der Waals surface area contributed by atoms with Gasteiger partial charge >= 0.3 is 0 Å². The van der Waals surface area contributed by atoms with Crippen LogP contribution in [0.2, 0.25) is 0 Å². The molecule has 1 aromatic carbocycles. The lowest BCUT2D eigenvalue weighted by molar-refractivity contribution is 0.0216. The third-order valence-electron chi connectivity index (χ3n) is 4.10. The summed E-state index contributed by atoms with van der Waals surface area (Å²) in [5.41, 5.74) is 2.62. The first-order valence-corrected chi connectivity index (χ1v) is 7.86. The zero-order valence-electron chi connectivity index (χ0n) is 13.1. The first-order chi connectivity index (χ1) is 9.70. The number of ether oxygens (including phenoxy) is 1. The van der Waals surface area contributed by atoms with Crippen molar-refractivity contribution < 1.29 is 4.74 Å². The first-order valence-electron chi connectivity index (χ1n) is 7.86. The molecule has 0 aliphatic carbocycles. The maximum atomic E-state index is 5.81. The molecule has 1 fully saturated rings. The van der Waals surface area contributed by atoms with Crippen molar-refractivity contribution in [2.75, 3.05) is 31.6 Å². The Hall–Kier alpha value is -1.06. The summed E-state index contributed by atoms with van der Waals surface area (Å²) in [6.07, 6.45) is 4.11. The van der Waals surface area contributed by atoms with Gasteiger partial charge in [-0.1, -0.05) is 19.1 Å². The molecule has 2 atom stereocenters. The average Bonchev–Trinajstić information content (AvgIpc) is 2.48. The molecular weight excluding hydrogens is 248 g/mol. The molecule has 0 bridgehead atoms. The minimum Gasteiger partial charge on any atom is -0.376 e. The van der Waals surface area contributed by atoms with Gasteiger partial charge in [-0.2, -0.15) is 0 Å². The predicted molar refractivity (Wildman–Crippen MR) is 85.4 cm³/mol. The maximum absolute atomic E-state index is 5.81. The highest BCUT2D eigenvalue weighted by atomic mass is 16.5. The van der Waals surface area contributed by atoms with Gasteiger partial charge in [0.1, 0.15) is 0 Å². The monoisotopic (exact) mass is 276 g/mol. The van der Waals surface area contributed by atoms with Gasteiger partial charge < -0.3 is 15.0 Å². The number of rotatable bonds is 6. The van der Waals surface area contributed by atoms with Crippen LogP contribution in [0.5, 0.6) is 0 Å². The molecule has 112 valence electrons. The van der Waals surface area contributed by atoms with Crippen molar-refractivity contribution in [1.29, 1.82) is 0 Å². The summed E-state index contributed by atoms with van der Waals surface area (Å²) in [5, 5.41) is 3.44. The van der Waals surface area contributed by atoms with E-state index in [0.717, 1.165) is 19.7 Å². The van der Waals surface area contributed by atoms with Gasteiger partial charge in [-0.15, -0.1) is 0 Å². The van der Waals surface area contributed by atoms with Crippen LogP contribution in [-0.4, -0.2) is 32.8 Å². The largest absolute Gasteiger partial charge is 0.376 e. The van der Waals surface area contributed by atoms with Crippen LogP contribution in [0, 0.1) is 0 Å². The topological polar surface area (TPSA) is 24.5 Å². The van der Waals surface area contributed by atoms with Crippen LogP contribution in [0.3, 0.4) is 0 Å². The molecule has 0 spiro atoms. The Bertz CT molecular complexity index is 384. The molecule has 2 rings (SSSR count). The van der Waals surface area contributed by atoms with Crippen molar-refractivity contribution >= 4 is 5.69 Å². The SMILES string of the molecule is CCNC(C)c1ccc(N(C)CC2CCCCO2)cc1. The highest BCUT2D eigenvalue weighted by Crippen LogP contribution is 2.20. The van der Waals surface area contributed by atoms with E-state index < -0.39 is 0 Å². The summed E-state index contributed by atoms with van der Waals surface area (Å²) in [6, 6.07) is 9.29. The van der Waals surface area contributed by atoms with E-state index in [1.54, 1.807) is 0 Å². The van der Waals surface area contributed by atoms with Gasteiger partial charge in [0.05, 0.1) is 6.10 Å². The molecule has 0 aromatic heterocycles. The number of anilines is 1. The van der Waals surface area contributed by atoms with E-state index in [-0.39, 0.29) is 0 Å². The smallest absolute Gasteiger partial charge is 0.0749 e. The van der Waals surface area contributed by atoms with Gasteiger partial charge in [0.25, 0.3) is 0 Å². The molecule has 1 saturated heterocycles. The van der Waals surface area contributed by atoms with Crippen LogP contribution in [0.1, 0.15) is 44.7 Å². The van der Waals surface area contributed by atoms with Crippen LogP contribution < -0.4 is 10.2 Å². The number of benzene rings is 1. The van der Waals surface area contributed by atoms with Crippen molar-refractivity contribution in [3.63, 3.8) is 0 Å². The summed E-state index contributed by atoms with van der Waals surface area (Å²) in [6.45, 7) is 7.27. The van der Waals surface area contributed by atoms with Gasteiger partial charge in [-0.05, 0) is 50.4 Å². The van der Waals surface area contributed by atoms with Gasteiger partial charge in [-0.25, -0.2) is 0 Å². The summed E-state index contributed by atoms with van der Waals surface area (Å²) in [7, 11) is 2.15. The van der Waals surface area contributed by atoms with Gasteiger partial charge in [0.2, 0.25) is 0 Å². The fourth-order valence-electron chi connectivity index (χ4n) is 2.80. The molecule has 1 aliphatic rings. The van der Waals surface area contributed by atoms with Crippen molar-refractivity contribution in [2.45, 2.75) is 45.3 Å². The molecule has 3 heteroatoms. The number of nitrogens with zero attached hydrogens (tertiary/aromatic N) is 1. The highest BCUT2D eigenvalue weighted by molar-refractivity contribution is 5.47. The molecule has 1 aromatic rings. The lowest BCUT2D eigenvalue weighted by atomic mass is 10.1. The third kappa shape index (κ3) is 4.22. The summed E-state index contributed by atoms with van der Waals surface area (Å²) in [5.74, 6) is 0. The third-order valence-corrected chi connectivity index (χ3v) is 4.10. The summed E-state index contributed by atoms with van der Waals surface area (Å²) in [4.78, 5) is 2.30. The minimum atomic E-state index is 0.397. The normalized spacial score (nSPS) is 20.6. The van der Waals surface area contributed by atoms with E-state index in [1.807, 2.05) is 0 Å². The quantitative estimate of drug-likeness (QED) is 0.862. The second kappa shape index (κ2) is 7.65. The Labute approximate surface area is 123 Å². The summed E-state index contributed by atoms with van der Waals surface area (Å²) >= 11 is 0. The van der Waals surface area contributed by atoms with E-state index in [0.29, 0.717) is 12.1 Å². The lowest BCUT2D eigenvalue weighted by Crippen LogP contribution is -2.33. The van der Waals surface area contributed by atoms with Crippen LogP contribution in [0.4, 0.5) is 5.69 Å². The molecular formula is C17H28N2O. The lowest BCUT2D eigenvalue weighted by Gasteiger charge is -2.29. The van der Waals surface area contributed by atoms with E-state index in [9.17, 15) is 0 Å². The second-order valence-corrected chi connectivity index (χ2v) is 5.74.